The number of nitrogen functional groups attached to an aromatic ring is 1. The first-order valence-electron chi connectivity index (χ1n) is 9.46. The SMILES string of the molecule is COc1ccc(-c2cc(Nc3ccc(Oc4ccnc(C(N)=O)c4)cc3)nc(N)n2)cn1. The molecule has 0 spiro atoms. The molecule has 0 unspecified atom stereocenters. The van der Waals surface area contributed by atoms with Crippen LogP contribution < -0.4 is 26.3 Å². The topological polar surface area (TPSA) is 151 Å². The average molecular weight is 429 g/mol. The minimum absolute atomic E-state index is 0.128. The third kappa shape index (κ3) is 4.87. The predicted molar refractivity (Wildman–Crippen MR) is 119 cm³/mol. The molecule has 4 aromatic rings. The number of ether oxygens (including phenoxy) is 2. The van der Waals surface area contributed by atoms with Crippen molar-refractivity contribution in [3.05, 3.63) is 72.7 Å². The first-order chi connectivity index (χ1) is 15.5. The highest BCUT2D eigenvalue weighted by atomic mass is 16.5. The zero-order valence-corrected chi connectivity index (χ0v) is 17.0. The smallest absolute Gasteiger partial charge is 0.267 e. The molecule has 1 aromatic carbocycles. The number of aromatic nitrogens is 4. The summed E-state index contributed by atoms with van der Waals surface area (Å²) in [6.45, 7) is 0. The molecule has 0 aliphatic heterocycles. The van der Waals surface area contributed by atoms with Crippen LogP contribution in [0.3, 0.4) is 0 Å². The van der Waals surface area contributed by atoms with Crippen LogP contribution in [0.5, 0.6) is 17.4 Å². The van der Waals surface area contributed by atoms with Crippen LogP contribution in [0.2, 0.25) is 0 Å². The molecule has 0 fully saturated rings. The van der Waals surface area contributed by atoms with Gasteiger partial charge in [-0.2, -0.15) is 4.98 Å². The van der Waals surface area contributed by atoms with Crippen molar-refractivity contribution in [2.45, 2.75) is 0 Å². The Morgan fingerprint density at radius 1 is 0.969 bits per heavy atom. The van der Waals surface area contributed by atoms with Gasteiger partial charge < -0.3 is 26.3 Å². The lowest BCUT2D eigenvalue weighted by atomic mass is 10.2. The van der Waals surface area contributed by atoms with Crippen molar-refractivity contribution in [2.75, 3.05) is 18.2 Å². The number of nitrogens with two attached hydrogens (primary N) is 2. The van der Waals surface area contributed by atoms with Crippen LogP contribution in [0, 0.1) is 0 Å². The van der Waals surface area contributed by atoms with Gasteiger partial charge >= 0.3 is 0 Å². The maximum atomic E-state index is 11.3. The van der Waals surface area contributed by atoms with E-state index in [2.05, 4.69) is 25.3 Å². The molecule has 1 amide bonds. The van der Waals surface area contributed by atoms with Gasteiger partial charge in [-0.05, 0) is 36.4 Å². The van der Waals surface area contributed by atoms with Crippen LogP contribution in [-0.4, -0.2) is 33.0 Å². The van der Waals surface area contributed by atoms with Gasteiger partial charge in [0.05, 0.1) is 12.8 Å². The molecular weight excluding hydrogens is 410 g/mol. The number of hydrogen-bond acceptors (Lipinski definition) is 9. The van der Waals surface area contributed by atoms with Gasteiger partial charge in [0.25, 0.3) is 5.91 Å². The molecule has 160 valence electrons. The number of pyridine rings is 2. The largest absolute Gasteiger partial charge is 0.481 e. The van der Waals surface area contributed by atoms with E-state index in [1.165, 1.54) is 12.3 Å². The van der Waals surface area contributed by atoms with Crippen molar-refractivity contribution in [1.29, 1.82) is 0 Å². The van der Waals surface area contributed by atoms with Gasteiger partial charge in [-0.25, -0.2) is 9.97 Å². The molecule has 10 heteroatoms. The Balaban J connectivity index is 1.49. The number of nitrogens with one attached hydrogen (secondary N) is 1. The maximum Gasteiger partial charge on any atom is 0.267 e. The van der Waals surface area contributed by atoms with Gasteiger partial charge in [0, 0.05) is 41.8 Å². The van der Waals surface area contributed by atoms with Crippen molar-refractivity contribution in [1.82, 2.24) is 19.9 Å². The number of anilines is 3. The van der Waals surface area contributed by atoms with Crippen molar-refractivity contribution in [2.24, 2.45) is 5.73 Å². The fourth-order valence-electron chi connectivity index (χ4n) is 2.83. The van der Waals surface area contributed by atoms with E-state index < -0.39 is 5.91 Å². The number of carbonyl (C=O) groups is 1. The van der Waals surface area contributed by atoms with Crippen LogP contribution >= 0.6 is 0 Å². The zero-order valence-electron chi connectivity index (χ0n) is 17.0. The second kappa shape index (κ2) is 8.96. The molecule has 0 radical (unpaired) electrons. The zero-order chi connectivity index (χ0) is 22.5. The highest BCUT2D eigenvalue weighted by molar-refractivity contribution is 5.91. The summed E-state index contributed by atoms with van der Waals surface area (Å²) in [4.78, 5) is 27.8. The van der Waals surface area contributed by atoms with E-state index in [0.717, 1.165) is 11.3 Å². The summed E-state index contributed by atoms with van der Waals surface area (Å²) in [5.41, 5.74) is 13.4. The van der Waals surface area contributed by atoms with Gasteiger partial charge in [-0.3, -0.25) is 9.78 Å². The molecule has 32 heavy (non-hydrogen) atoms. The lowest BCUT2D eigenvalue weighted by Gasteiger charge is -2.10. The molecule has 0 atom stereocenters. The maximum absolute atomic E-state index is 11.3. The number of primary amides is 1. The third-order valence-corrected chi connectivity index (χ3v) is 4.33. The quantitative estimate of drug-likeness (QED) is 0.402. The van der Waals surface area contributed by atoms with E-state index >= 15 is 0 Å². The highest BCUT2D eigenvalue weighted by Crippen LogP contribution is 2.26. The lowest BCUT2D eigenvalue weighted by molar-refractivity contribution is 0.0995. The van der Waals surface area contributed by atoms with Crippen LogP contribution in [0.25, 0.3) is 11.3 Å². The Bertz CT molecular complexity index is 1250. The van der Waals surface area contributed by atoms with E-state index in [-0.39, 0.29) is 11.6 Å². The first kappa shape index (κ1) is 20.5. The Kier molecular flexibility index (Phi) is 5.75. The van der Waals surface area contributed by atoms with E-state index in [1.807, 2.05) is 18.2 Å². The molecule has 0 aliphatic carbocycles. The van der Waals surface area contributed by atoms with Gasteiger partial charge in [0.15, 0.2) is 0 Å². The number of methoxy groups -OCH3 is 1. The van der Waals surface area contributed by atoms with E-state index in [9.17, 15) is 4.79 Å². The minimum atomic E-state index is -0.621. The molecule has 0 aliphatic rings. The standard InChI is InChI=1S/C22H19N7O3/c1-31-20-7-2-13(12-26-20)17-11-19(29-22(24)28-17)27-14-3-5-15(6-4-14)32-16-8-9-25-18(10-16)21(23)30/h2-12H,1H3,(H2,23,30)(H3,24,27,28,29). The summed E-state index contributed by atoms with van der Waals surface area (Å²) in [6, 6.07) is 15.6. The molecule has 0 bridgehead atoms. The normalized spacial score (nSPS) is 10.4. The predicted octanol–water partition coefficient (Wildman–Crippen LogP) is 3.16. The van der Waals surface area contributed by atoms with Crippen molar-refractivity contribution >= 4 is 23.4 Å². The number of benzene rings is 1. The van der Waals surface area contributed by atoms with Gasteiger partial charge in [0.2, 0.25) is 11.8 Å². The Morgan fingerprint density at radius 2 is 1.78 bits per heavy atom. The fraction of sp³-hybridized carbons (Fsp3) is 0.0455. The summed E-state index contributed by atoms with van der Waals surface area (Å²) in [5.74, 6) is 1.57. The summed E-state index contributed by atoms with van der Waals surface area (Å²) in [5, 5.41) is 3.19. The van der Waals surface area contributed by atoms with Gasteiger partial charge in [0.1, 0.15) is 23.0 Å². The third-order valence-electron chi connectivity index (χ3n) is 4.33. The Hall–Kier alpha value is -4.73. The van der Waals surface area contributed by atoms with Crippen molar-refractivity contribution in [3.8, 4) is 28.6 Å². The minimum Gasteiger partial charge on any atom is -0.481 e. The number of nitrogens with zero attached hydrogens (tertiary/aromatic N) is 4. The number of amides is 1. The molecular formula is C22H19N7O3. The van der Waals surface area contributed by atoms with E-state index in [0.29, 0.717) is 28.9 Å². The first-order valence-corrected chi connectivity index (χ1v) is 9.46. The van der Waals surface area contributed by atoms with Gasteiger partial charge in [-0.1, -0.05) is 0 Å². The molecule has 5 N–H and O–H groups in total. The number of hydrogen-bond donors (Lipinski definition) is 3. The summed E-state index contributed by atoms with van der Waals surface area (Å²) in [7, 11) is 1.55. The second-order valence-corrected chi connectivity index (χ2v) is 6.58. The van der Waals surface area contributed by atoms with Crippen molar-refractivity contribution in [3.63, 3.8) is 0 Å². The van der Waals surface area contributed by atoms with Gasteiger partial charge in [-0.15, -0.1) is 0 Å². The molecule has 3 heterocycles. The molecule has 0 saturated heterocycles. The van der Waals surface area contributed by atoms with Crippen molar-refractivity contribution < 1.29 is 14.3 Å². The second-order valence-electron chi connectivity index (χ2n) is 6.58. The Morgan fingerprint density at radius 3 is 2.47 bits per heavy atom. The van der Waals surface area contributed by atoms with E-state index in [1.54, 1.807) is 43.6 Å². The van der Waals surface area contributed by atoms with Crippen LogP contribution in [0.15, 0.2) is 67.0 Å². The molecule has 0 saturated carbocycles. The lowest BCUT2D eigenvalue weighted by Crippen LogP contribution is -2.12. The van der Waals surface area contributed by atoms with Crippen LogP contribution in [-0.2, 0) is 0 Å². The summed E-state index contributed by atoms with van der Waals surface area (Å²) < 4.78 is 10.8. The number of carbonyl (C=O) groups excluding carboxylic acids is 1. The summed E-state index contributed by atoms with van der Waals surface area (Å²) >= 11 is 0. The number of rotatable bonds is 7. The van der Waals surface area contributed by atoms with E-state index in [4.69, 9.17) is 20.9 Å². The van der Waals surface area contributed by atoms with Crippen LogP contribution in [0.4, 0.5) is 17.5 Å². The Labute approximate surface area is 183 Å². The summed E-state index contributed by atoms with van der Waals surface area (Å²) in [6.07, 6.45) is 3.11. The van der Waals surface area contributed by atoms with Crippen LogP contribution in [0.1, 0.15) is 10.5 Å². The average Bonchev–Trinajstić information content (AvgIpc) is 2.80. The molecule has 3 aromatic heterocycles. The monoisotopic (exact) mass is 429 g/mol. The molecule has 4 rings (SSSR count). The molecule has 10 nitrogen and oxygen atoms in total. The fourth-order valence-corrected chi connectivity index (χ4v) is 2.83. The highest BCUT2D eigenvalue weighted by Gasteiger charge is 2.08.